The van der Waals surface area contributed by atoms with E-state index in [9.17, 15) is 19.2 Å². The SMILES string of the molecule is Cc1ccc([C@]2(C)NC(=O)N(CC(=O)OCC(=O)Nc3ccc(C)cc3Br)C2=O)cc1. The molecule has 8 nitrogen and oxygen atoms in total. The number of nitrogens with zero attached hydrogens (tertiary/aromatic N) is 1. The maximum atomic E-state index is 12.9. The molecule has 9 heteroatoms. The molecule has 0 aromatic heterocycles. The molecule has 0 radical (unpaired) electrons. The summed E-state index contributed by atoms with van der Waals surface area (Å²) in [5.74, 6) is -1.97. The molecule has 3 rings (SSSR count). The summed E-state index contributed by atoms with van der Waals surface area (Å²) < 4.78 is 5.64. The number of amides is 4. The fraction of sp³-hybridized carbons (Fsp3) is 0.273. The lowest BCUT2D eigenvalue weighted by atomic mass is 9.91. The third-order valence-electron chi connectivity index (χ3n) is 4.95. The molecular formula is C22H22BrN3O5. The van der Waals surface area contributed by atoms with Crippen molar-refractivity contribution in [3.05, 3.63) is 63.6 Å². The van der Waals surface area contributed by atoms with Gasteiger partial charge in [-0.25, -0.2) is 4.79 Å². The van der Waals surface area contributed by atoms with E-state index in [2.05, 4.69) is 26.6 Å². The predicted molar refractivity (Wildman–Crippen MR) is 117 cm³/mol. The van der Waals surface area contributed by atoms with Gasteiger partial charge in [0.15, 0.2) is 6.61 Å². The van der Waals surface area contributed by atoms with Crippen LogP contribution in [0.4, 0.5) is 10.5 Å². The highest BCUT2D eigenvalue weighted by Gasteiger charge is 2.49. The Morgan fingerprint density at radius 1 is 1.10 bits per heavy atom. The number of urea groups is 1. The van der Waals surface area contributed by atoms with Gasteiger partial charge in [-0.1, -0.05) is 35.9 Å². The molecule has 1 aliphatic heterocycles. The number of carbonyl (C=O) groups is 4. The fourth-order valence-corrected chi connectivity index (χ4v) is 3.74. The molecule has 0 bridgehead atoms. The molecular weight excluding hydrogens is 466 g/mol. The second-order valence-electron chi connectivity index (χ2n) is 7.50. The topological polar surface area (TPSA) is 105 Å². The zero-order valence-electron chi connectivity index (χ0n) is 17.3. The van der Waals surface area contributed by atoms with Gasteiger partial charge in [-0.05, 0) is 60.0 Å². The number of benzene rings is 2. The maximum absolute atomic E-state index is 12.9. The first kappa shape index (κ1) is 22.5. The summed E-state index contributed by atoms with van der Waals surface area (Å²) in [7, 11) is 0. The van der Waals surface area contributed by atoms with Crippen LogP contribution in [0.1, 0.15) is 23.6 Å². The Bertz CT molecular complexity index is 1050. The average molecular weight is 488 g/mol. The number of hydrogen-bond donors (Lipinski definition) is 2. The predicted octanol–water partition coefficient (Wildman–Crippen LogP) is 3.01. The van der Waals surface area contributed by atoms with E-state index in [1.165, 1.54) is 0 Å². The standard InChI is InChI=1S/C22H22BrN3O5/c1-13-4-7-15(8-5-13)22(3)20(29)26(21(30)25-22)11-19(28)31-12-18(27)24-17-9-6-14(2)10-16(17)23/h4-10H,11-12H2,1-3H3,(H,24,27)(H,25,30)/t22-/m0/s1. The van der Waals surface area contributed by atoms with Gasteiger partial charge < -0.3 is 15.4 Å². The molecule has 1 saturated heterocycles. The van der Waals surface area contributed by atoms with Gasteiger partial charge in [0.25, 0.3) is 11.8 Å². The number of carbonyl (C=O) groups excluding carboxylic acids is 4. The van der Waals surface area contributed by atoms with Gasteiger partial charge in [-0.15, -0.1) is 0 Å². The number of nitrogens with one attached hydrogen (secondary N) is 2. The summed E-state index contributed by atoms with van der Waals surface area (Å²) >= 11 is 3.35. The van der Waals surface area contributed by atoms with E-state index in [0.29, 0.717) is 15.7 Å². The maximum Gasteiger partial charge on any atom is 0.326 e. The van der Waals surface area contributed by atoms with Crippen molar-refractivity contribution in [1.29, 1.82) is 0 Å². The van der Waals surface area contributed by atoms with Gasteiger partial charge in [-0.3, -0.25) is 19.3 Å². The Balaban J connectivity index is 1.57. The van der Waals surface area contributed by atoms with E-state index < -0.39 is 42.5 Å². The zero-order valence-corrected chi connectivity index (χ0v) is 18.9. The van der Waals surface area contributed by atoms with Crippen molar-refractivity contribution < 1.29 is 23.9 Å². The number of aryl methyl sites for hydroxylation is 2. The number of rotatable bonds is 6. The molecule has 31 heavy (non-hydrogen) atoms. The minimum Gasteiger partial charge on any atom is -0.454 e. The third-order valence-corrected chi connectivity index (χ3v) is 5.61. The molecule has 1 heterocycles. The number of esters is 1. The van der Waals surface area contributed by atoms with Crippen LogP contribution < -0.4 is 10.6 Å². The Morgan fingerprint density at radius 3 is 2.39 bits per heavy atom. The van der Waals surface area contributed by atoms with Crippen LogP contribution in [0.15, 0.2) is 46.9 Å². The summed E-state index contributed by atoms with van der Waals surface area (Å²) in [6.45, 7) is 4.27. The van der Waals surface area contributed by atoms with E-state index in [0.717, 1.165) is 16.0 Å². The fourth-order valence-electron chi connectivity index (χ4n) is 3.15. The van der Waals surface area contributed by atoms with Crippen LogP contribution in [0, 0.1) is 13.8 Å². The molecule has 0 unspecified atom stereocenters. The van der Waals surface area contributed by atoms with E-state index in [1.807, 2.05) is 38.1 Å². The quantitative estimate of drug-likeness (QED) is 0.481. The molecule has 2 aromatic rings. The van der Waals surface area contributed by atoms with Crippen LogP contribution in [-0.4, -0.2) is 41.9 Å². The number of halogens is 1. The molecule has 1 aliphatic rings. The second kappa shape index (κ2) is 8.89. The first-order valence-electron chi connectivity index (χ1n) is 9.53. The molecule has 0 spiro atoms. The molecule has 1 atom stereocenters. The number of anilines is 1. The van der Waals surface area contributed by atoms with Crippen LogP contribution in [0.3, 0.4) is 0 Å². The normalized spacial score (nSPS) is 18.0. The van der Waals surface area contributed by atoms with Crippen molar-refractivity contribution in [1.82, 2.24) is 10.2 Å². The third kappa shape index (κ3) is 4.93. The molecule has 0 aliphatic carbocycles. The van der Waals surface area contributed by atoms with Crippen LogP contribution >= 0.6 is 15.9 Å². The Kier molecular flexibility index (Phi) is 6.45. The number of hydrogen-bond acceptors (Lipinski definition) is 5. The first-order chi connectivity index (χ1) is 14.6. The van der Waals surface area contributed by atoms with Crippen molar-refractivity contribution in [2.75, 3.05) is 18.5 Å². The van der Waals surface area contributed by atoms with Gasteiger partial charge in [0.1, 0.15) is 12.1 Å². The molecule has 162 valence electrons. The molecule has 4 amide bonds. The van der Waals surface area contributed by atoms with Gasteiger partial charge in [0.05, 0.1) is 5.69 Å². The number of ether oxygens (including phenoxy) is 1. The van der Waals surface area contributed by atoms with Crippen LogP contribution in [0.25, 0.3) is 0 Å². The van der Waals surface area contributed by atoms with E-state index in [-0.39, 0.29) is 0 Å². The molecule has 1 fully saturated rings. The monoisotopic (exact) mass is 487 g/mol. The largest absolute Gasteiger partial charge is 0.454 e. The van der Waals surface area contributed by atoms with E-state index in [4.69, 9.17) is 4.74 Å². The highest BCUT2D eigenvalue weighted by molar-refractivity contribution is 9.10. The van der Waals surface area contributed by atoms with Crippen molar-refractivity contribution in [3.8, 4) is 0 Å². The van der Waals surface area contributed by atoms with Crippen molar-refractivity contribution in [3.63, 3.8) is 0 Å². The van der Waals surface area contributed by atoms with Gasteiger partial charge in [-0.2, -0.15) is 0 Å². The van der Waals surface area contributed by atoms with Crippen LogP contribution in [-0.2, 0) is 24.7 Å². The minimum atomic E-state index is -1.28. The second-order valence-corrected chi connectivity index (χ2v) is 8.36. The first-order valence-corrected chi connectivity index (χ1v) is 10.3. The van der Waals surface area contributed by atoms with Gasteiger partial charge in [0.2, 0.25) is 0 Å². The summed E-state index contributed by atoms with van der Waals surface area (Å²) in [5, 5.41) is 5.24. The van der Waals surface area contributed by atoms with Crippen molar-refractivity contribution in [2.45, 2.75) is 26.3 Å². The smallest absolute Gasteiger partial charge is 0.326 e. The van der Waals surface area contributed by atoms with Crippen molar-refractivity contribution >= 4 is 45.4 Å². The summed E-state index contributed by atoms with van der Waals surface area (Å²) in [4.78, 5) is 50.2. The zero-order chi connectivity index (χ0) is 22.8. The molecule has 2 N–H and O–H groups in total. The summed E-state index contributed by atoms with van der Waals surface area (Å²) in [6.07, 6.45) is 0. The van der Waals surface area contributed by atoms with E-state index >= 15 is 0 Å². The lowest BCUT2D eigenvalue weighted by Gasteiger charge is -2.22. The highest BCUT2D eigenvalue weighted by Crippen LogP contribution is 2.29. The average Bonchev–Trinajstić information content (AvgIpc) is 2.93. The lowest BCUT2D eigenvalue weighted by molar-refractivity contribution is -0.150. The summed E-state index contributed by atoms with van der Waals surface area (Å²) in [5.41, 5.74) is 1.90. The molecule has 2 aromatic carbocycles. The van der Waals surface area contributed by atoms with Gasteiger partial charge in [0, 0.05) is 4.47 Å². The van der Waals surface area contributed by atoms with Crippen LogP contribution in [0.2, 0.25) is 0 Å². The number of imide groups is 1. The highest BCUT2D eigenvalue weighted by atomic mass is 79.9. The lowest BCUT2D eigenvalue weighted by Crippen LogP contribution is -2.41. The van der Waals surface area contributed by atoms with Crippen LogP contribution in [0.5, 0.6) is 0 Å². The van der Waals surface area contributed by atoms with Crippen molar-refractivity contribution in [2.24, 2.45) is 0 Å². The Hall–Kier alpha value is -3.20. The Labute approximate surface area is 188 Å². The minimum absolute atomic E-state index is 0.537. The van der Waals surface area contributed by atoms with Gasteiger partial charge >= 0.3 is 12.0 Å². The van der Waals surface area contributed by atoms with E-state index in [1.54, 1.807) is 25.1 Å². The summed E-state index contributed by atoms with van der Waals surface area (Å²) in [6, 6.07) is 11.9. The Morgan fingerprint density at radius 2 is 1.74 bits per heavy atom. The molecule has 0 saturated carbocycles.